The molecule has 0 heterocycles. The zero-order chi connectivity index (χ0) is 59.9. The minimum Gasteiger partial charge on any atom is -0.466 e. The molecule has 0 radical (unpaired) electrons. The van der Waals surface area contributed by atoms with Gasteiger partial charge in [0.2, 0.25) is 5.91 Å². The molecule has 6 heteroatoms. The van der Waals surface area contributed by atoms with Crippen molar-refractivity contribution in [3.05, 3.63) is 24.3 Å². The number of hydrogen-bond donors (Lipinski definition) is 3. The Balaban J connectivity index is 3.33. The second kappa shape index (κ2) is 72.8. The quantitative estimate of drug-likeness (QED) is 0.0320. The van der Waals surface area contributed by atoms with Crippen molar-refractivity contribution in [1.82, 2.24) is 5.32 Å². The van der Waals surface area contributed by atoms with Crippen molar-refractivity contribution in [2.24, 2.45) is 0 Å². The van der Waals surface area contributed by atoms with Gasteiger partial charge in [-0.05, 0) is 77.0 Å². The Morgan fingerprint density at radius 2 is 0.566 bits per heavy atom. The summed E-state index contributed by atoms with van der Waals surface area (Å²) in [6.07, 6.45) is 92.7. The lowest BCUT2D eigenvalue weighted by Crippen LogP contribution is -2.45. The average Bonchev–Trinajstić information content (AvgIpc) is 3.49. The van der Waals surface area contributed by atoms with Crippen molar-refractivity contribution in [3.8, 4) is 0 Å². The zero-order valence-corrected chi connectivity index (χ0v) is 56.5. The van der Waals surface area contributed by atoms with Crippen LogP contribution in [0.4, 0.5) is 0 Å². The van der Waals surface area contributed by atoms with Crippen LogP contribution >= 0.6 is 0 Å². The molecule has 0 aliphatic rings. The highest BCUT2D eigenvalue weighted by Gasteiger charge is 2.20. The Morgan fingerprint density at radius 3 is 0.880 bits per heavy atom. The molecule has 2 atom stereocenters. The summed E-state index contributed by atoms with van der Waals surface area (Å²) in [7, 11) is 0. The fraction of sp³-hybridized carbons (Fsp3) is 0.922. The van der Waals surface area contributed by atoms with E-state index >= 15 is 0 Å². The first kappa shape index (κ1) is 81.3. The molecule has 0 aliphatic heterocycles. The topological polar surface area (TPSA) is 95.9 Å². The molecule has 6 nitrogen and oxygen atoms in total. The van der Waals surface area contributed by atoms with Crippen LogP contribution in [0.15, 0.2) is 24.3 Å². The normalized spacial score (nSPS) is 12.6. The molecule has 0 aromatic rings. The number of allylic oxidation sites excluding steroid dienone is 4. The fourth-order valence-electron chi connectivity index (χ4n) is 12.2. The lowest BCUT2D eigenvalue weighted by Gasteiger charge is -2.22. The number of unbranched alkanes of at least 4 members (excludes halogenated alkanes) is 57. The van der Waals surface area contributed by atoms with Crippen LogP contribution in [0, 0.1) is 0 Å². The molecular weight excluding hydrogens is 1020 g/mol. The maximum absolute atomic E-state index is 12.5. The Bertz CT molecular complexity index is 1300. The predicted octanol–water partition coefficient (Wildman–Crippen LogP) is 24.9. The monoisotopic (exact) mass is 1170 g/mol. The van der Waals surface area contributed by atoms with Crippen LogP contribution in [0.3, 0.4) is 0 Å². The first-order valence-corrected chi connectivity index (χ1v) is 38.1. The summed E-state index contributed by atoms with van der Waals surface area (Å²) in [6.45, 7) is 4.97. The number of aliphatic hydroxyl groups is 2. The van der Waals surface area contributed by atoms with Crippen molar-refractivity contribution in [2.75, 3.05) is 13.2 Å². The van der Waals surface area contributed by atoms with E-state index in [9.17, 15) is 19.8 Å². The number of amides is 1. The van der Waals surface area contributed by atoms with E-state index in [0.717, 1.165) is 44.9 Å². The highest BCUT2D eigenvalue weighted by molar-refractivity contribution is 5.76. The highest BCUT2D eigenvalue weighted by atomic mass is 16.5. The molecule has 492 valence electrons. The Morgan fingerprint density at radius 1 is 0.325 bits per heavy atom. The van der Waals surface area contributed by atoms with Gasteiger partial charge in [-0.1, -0.05) is 366 Å². The summed E-state index contributed by atoms with van der Waals surface area (Å²) in [4.78, 5) is 24.6. The Kier molecular flexibility index (Phi) is 71.4. The number of carbonyl (C=O) groups is 2. The van der Waals surface area contributed by atoms with E-state index in [1.54, 1.807) is 0 Å². The van der Waals surface area contributed by atoms with E-state index in [1.807, 2.05) is 0 Å². The van der Waals surface area contributed by atoms with Gasteiger partial charge in [0.1, 0.15) is 0 Å². The van der Waals surface area contributed by atoms with Gasteiger partial charge in [-0.15, -0.1) is 0 Å². The third kappa shape index (κ3) is 69.3. The lowest BCUT2D eigenvalue weighted by atomic mass is 10.0. The first-order valence-electron chi connectivity index (χ1n) is 38.1. The molecule has 0 fully saturated rings. The molecule has 0 aromatic carbocycles. The van der Waals surface area contributed by atoms with Gasteiger partial charge in [0.25, 0.3) is 0 Å². The average molecular weight is 1170 g/mol. The number of aliphatic hydroxyl groups excluding tert-OH is 2. The number of hydrogen-bond acceptors (Lipinski definition) is 5. The summed E-state index contributed by atoms with van der Waals surface area (Å²) < 4.78 is 5.48. The van der Waals surface area contributed by atoms with Gasteiger partial charge in [-0.25, -0.2) is 0 Å². The molecule has 0 saturated carbocycles. The van der Waals surface area contributed by atoms with Crippen molar-refractivity contribution in [3.63, 3.8) is 0 Å². The van der Waals surface area contributed by atoms with Crippen molar-refractivity contribution < 1.29 is 24.5 Å². The number of esters is 1. The van der Waals surface area contributed by atoms with E-state index in [-0.39, 0.29) is 18.5 Å². The van der Waals surface area contributed by atoms with Gasteiger partial charge < -0.3 is 20.3 Å². The van der Waals surface area contributed by atoms with Crippen LogP contribution in [-0.4, -0.2) is 47.4 Å². The van der Waals surface area contributed by atoms with Crippen LogP contribution in [0.2, 0.25) is 0 Å². The zero-order valence-electron chi connectivity index (χ0n) is 56.5. The standard InChI is InChI=1S/C77H149NO5/c1-3-5-7-9-11-13-15-17-18-40-43-46-49-53-57-61-65-69-75(80)74(73-79)78-76(81)70-66-62-58-54-50-47-44-41-38-36-34-32-30-28-26-24-22-20-19-21-23-25-27-29-31-33-35-37-39-42-45-48-52-56-60-64-68-72-83-77(82)71-67-63-59-55-51-16-14-12-10-8-6-4-2/h12,14,19,21,74-75,79-80H,3-11,13,15-18,20,22-73H2,1-2H3,(H,78,81)/b14-12-,21-19-. The van der Waals surface area contributed by atoms with E-state index < -0.39 is 12.1 Å². The van der Waals surface area contributed by atoms with E-state index in [0.29, 0.717) is 25.9 Å². The van der Waals surface area contributed by atoms with Gasteiger partial charge in [0.15, 0.2) is 0 Å². The maximum Gasteiger partial charge on any atom is 0.305 e. The van der Waals surface area contributed by atoms with Crippen molar-refractivity contribution >= 4 is 11.9 Å². The fourth-order valence-corrected chi connectivity index (χ4v) is 12.2. The van der Waals surface area contributed by atoms with Gasteiger partial charge in [-0.2, -0.15) is 0 Å². The number of nitrogens with one attached hydrogen (secondary N) is 1. The maximum atomic E-state index is 12.5. The number of rotatable bonds is 72. The third-order valence-electron chi connectivity index (χ3n) is 18.0. The van der Waals surface area contributed by atoms with Gasteiger partial charge in [0, 0.05) is 12.8 Å². The van der Waals surface area contributed by atoms with E-state index in [4.69, 9.17) is 4.74 Å². The van der Waals surface area contributed by atoms with Crippen molar-refractivity contribution in [1.29, 1.82) is 0 Å². The number of carbonyl (C=O) groups excluding carboxylic acids is 2. The summed E-state index contributed by atoms with van der Waals surface area (Å²) in [6, 6.07) is -0.538. The molecule has 1 amide bonds. The third-order valence-corrected chi connectivity index (χ3v) is 18.0. The minimum absolute atomic E-state index is 0.0119. The van der Waals surface area contributed by atoms with Crippen LogP contribution in [-0.2, 0) is 14.3 Å². The van der Waals surface area contributed by atoms with Crippen LogP contribution in [0.1, 0.15) is 431 Å². The van der Waals surface area contributed by atoms with Gasteiger partial charge in [0.05, 0.1) is 25.4 Å². The minimum atomic E-state index is -0.661. The molecule has 2 unspecified atom stereocenters. The molecule has 0 rings (SSSR count). The summed E-state index contributed by atoms with van der Waals surface area (Å²) >= 11 is 0. The van der Waals surface area contributed by atoms with Crippen molar-refractivity contribution in [2.45, 2.75) is 443 Å². The molecule has 0 bridgehead atoms. The molecule has 83 heavy (non-hydrogen) atoms. The lowest BCUT2D eigenvalue weighted by molar-refractivity contribution is -0.143. The second-order valence-electron chi connectivity index (χ2n) is 26.3. The Hall–Kier alpha value is -1.66. The first-order chi connectivity index (χ1) is 41.0. The molecule has 0 aromatic heterocycles. The van der Waals surface area contributed by atoms with Crippen LogP contribution in [0.25, 0.3) is 0 Å². The predicted molar refractivity (Wildman–Crippen MR) is 366 cm³/mol. The van der Waals surface area contributed by atoms with Crippen LogP contribution < -0.4 is 5.32 Å². The highest BCUT2D eigenvalue weighted by Crippen LogP contribution is 2.20. The van der Waals surface area contributed by atoms with E-state index in [1.165, 1.54) is 353 Å². The number of ether oxygens (including phenoxy) is 1. The van der Waals surface area contributed by atoms with Crippen LogP contribution in [0.5, 0.6) is 0 Å². The van der Waals surface area contributed by atoms with E-state index in [2.05, 4.69) is 43.5 Å². The summed E-state index contributed by atoms with van der Waals surface area (Å²) in [5, 5.41) is 23.4. The smallest absolute Gasteiger partial charge is 0.305 e. The molecule has 0 spiro atoms. The Labute approximate surface area is 520 Å². The molecule has 0 aliphatic carbocycles. The largest absolute Gasteiger partial charge is 0.466 e. The molecule has 0 saturated heterocycles. The molecular formula is C77H149NO5. The van der Waals surface area contributed by atoms with Gasteiger partial charge >= 0.3 is 5.97 Å². The molecule has 3 N–H and O–H groups in total. The van der Waals surface area contributed by atoms with Gasteiger partial charge in [-0.3, -0.25) is 9.59 Å². The summed E-state index contributed by atoms with van der Waals surface area (Å²) in [5.41, 5.74) is 0. The SMILES string of the molecule is CCCCC/C=C\CCCCCCCC(=O)OCCCCCCCCCCCCCCCCCC/C=C\CCCCCCCCCCCCCCCCCCCC(=O)NC(CO)C(O)CCCCCCCCCCCCCCCCCCC. The second-order valence-corrected chi connectivity index (χ2v) is 26.3. The summed E-state index contributed by atoms with van der Waals surface area (Å²) in [5.74, 6) is -0.0149.